The lowest BCUT2D eigenvalue weighted by molar-refractivity contribution is 0.0975. The molecule has 1 unspecified atom stereocenters. The summed E-state index contributed by atoms with van der Waals surface area (Å²) in [5, 5.41) is 6.69. The van der Waals surface area contributed by atoms with Crippen LogP contribution in [0.2, 0.25) is 10.0 Å². The first-order chi connectivity index (χ1) is 15.5. The Morgan fingerprint density at radius 1 is 0.938 bits per heavy atom. The second kappa shape index (κ2) is 9.51. The Balaban J connectivity index is 1.56. The number of nitrogens with zero attached hydrogens (tertiary/aromatic N) is 2. The van der Waals surface area contributed by atoms with E-state index in [4.69, 9.17) is 23.2 Å². The van der Waals surface area contributed by atoms with Crippen LogP contribution in [0.4, 0.5) is 11.4 Å². The molecule has 162 valence electrons. The van der Waals surface area contributed by atoms with Gasteiger partial charge in [0, 0.05) is 32.5 Å². The fourth-order valence-corrected chi connectivity index (χ4v) is 4.32. The molecule has 4 rings (SSSR count). The van der Waals surface area contributed by atoms with Crippen molar-refractivity contribution >= 4 is 46.4 Å². The molecule has 0 saturated carbocycles. The predicted molar refractivity (Wildman–Crippen MR) is 127 cm³/mol. The van der Waals surface area contributed by atoms with Crippen molar-refractivity contribution in [3.05, 3.63) is 98.4 Å². The SMILES string of the molecule is O=NC1CCCc2ccccc2N1C(=O)c1ccc(NC(=O)c2cc(Cl)cc(Cl)c2)cc1. The zero-order valence-electron chi connectivity index (χ0n) is 16.9. The van der Waals surface area contributed by atoms with Crippen molar-refractivity contribution < 1.29 is 9.59 Å². The van der Waals surface area contributed by atoms with Crippen molar-refractivity contribution in [1.29, 1.82) is 0 Å². The van der Waals surface area contributed by atoms with Crippen molar-refractivity contribution in [1.82, 2.24) is 0 Å². The number of carbonyl (C=O) groups is 2. The molecule has 0 aromatic heterocycles. The van der Waals surface area contributed by atoms with Crippen LogP contribution in [-0.2, 0) is 6.42 Å². The van der Waals surface area contributed by atoms with E-state index in [2.05, 4.69) is 10.5 Å². The fraction of sp³-hybridized carbons (Fsp3) is 0.167. The highest BCUT2D eigenvalue weighted by Crippen LogP contribution is 2.31. The van der Waals surface area contributed by atoms with Gasteiger partial charge < -0.3 is 5.32 Å². The number of benzene rings is 3. The molecule has 8 heteroatoms. The van der Waals surface area contributed by atoms with E-state index in [1.807, 2.05) is 24.3 Å². The van der Waals surface area contributed by atoms with Gasteiger partial charge in [0.1, 0.15) is 0 Å². The van der Waals surface area contributed by atoms with Crippen LogP contribution in [0, 0.1) is 4.91 Å². The van der Waals surface area contributed by atoms with Crippen molar-refractivity contribution in [2.24, 2.45) is 5.18 Å². The summed E-state index contributed by atoms with van der Waals surface area (Å²) in [6.07, 6.45) is 1.29. The number of hydrogen-bond donors (Lipinski definition) is 1. The second-order valence-corrected chi connectivity index (χ2v) is 8.34. The van der Waals surface area contributed by atoms with Crippen LogP contribution in [-0.4, -0.2) is 18.0 Å². The molecule has 0 fully saturated rings. The number of anilines is 2. The number of hydrogen-bond acceptors (Lipinski definition) is 4. The highest BCUT2D eigenvalue weighted by atomic mass is 35.5. The molecule has 6 nitrogen and oxygen atoms in total. The van der Waals surface area contributed by atoms with Gasteiger partial charge in [0.15, 0.2) is 6.17 Å². The first-order valence-corrected chi connectivity index (χ1v) is 10.8. The Hall–Kier alpha value is -3.22. The Bertz CT molecular complexity index is 1160. The maximum absolute atomic E-state index is 13.3. The molecule has 2 amide bonds. The van der Waals surface area contributed by atoms with E-state index in [1.165, 1.54) is 17.0 Å². The van der Waals surface area contributed by atoms with Gasteiger partial charge in [0.05, 0.1) is 0 Å². The standard InChI is InChI=1S/C24H19Cl2N3O3/c25-18-12-17(13-19(26)14-18)23(30)27-20-10-8-16(9-11-20)24(31)29-21-6-2-1-4-15(21)5-3-7-22(29)28-32/h1-2,4,6,8-14,22H,3,5,7H2,(H,27,30). The van der Waals surface area contributed by atoms with Crippen LogP contribution >= 0.6 is 23.2 Å². The number of fused-ring (bicyclic) bond motifs is 1. The lowest BCUT2D eigenvalue weighted by Crippen LogP contribution is -2.39. The predicted octanol–water partition coefficient (Wildman–Crippen LogP) is 6.32. The Morgan fingerprint density at radius 2 is 1.62 bits per heavy atom. The number of nitroso groups, excluding NO2 is 1. The zero-order valence-corrected chi connectivity index (χ0v) is 18.4. The van der Waals surface area contributed by atoms with Crippen LogP contribution in [0.1, 0.15) is 39.1 Å². The van der Waals surface area contributed by atoms with E-state index in [-0.39, 0.29) is 11.8 Å². The first kappa shape index (κ1) is 22.0. The molecule has 0 bridgehead atoms. The van der Waals surface area contributed by atoms with Gasteiger partial charge >= 0.3 is 0 Å². The molecule has 3 aromatic rings. The van der Waals surface area contributed by atoms with E-state index < -0.39 is 6.17 Å². The average Bonchev–Trinajstić information content (AvgIpc) is 2.97. The molecule has 1 heterocycles. The minimum atomic E-state index is -0.766. The largest absolute Gasteiger partial charge is 0.322 e. The molecular formula is C24H19Cl2N3O3. The summed E-state index contributed by atoms with van der Waals surface area (Å²) in [6, 6.07) is 18.6. The fourth-order valence-electron chi connectivity index (χ4n) is 3.79. The number of aryl methyl sites for hydroxylation is 1. The smallest absolute Gasteiger partial charge is 0.260 e. The quantitative estimate of drug-likeness (QED) is 0.455. The van der Waals surface area contributed by atoms with E-state index in [9.17, 15) is 14.5 Å². The minimum absolute atomic E-state index is 0.316. The molecule has 0 aliphatic carbocycles. The highest BCUT2D eigenvalue weighted by Gasteiger charge is 2.30. The lowest BCUT2D eigenvalue weighted by atomic mass is 10.1. The van der Waals surface area contributed by atoms with Crippen molar-refractivity contribution in [3.8, 4) is 0 Å². The third-order valence-corrected chi connectivity index (χ3v) is 5.75. The average molecular weight is 468 g/mol. The monoisotopic (exact) mass is 467 g/mol. The maximum atomic E-state index is 13.3. The zero-order chi connectivity index (χ0) is 22.7. The van der Waals surface area contributed by atoms with Crippen LogP contribution in [0.15, 0.2) is 71.9 Å². The van der Waals surface area contributed by atoms with Gasteiger partial charge in [0.25, 0.3) is 11.8 Å². The van der Waals surface area contributed by atoms with E-state index in [0.29, 0.717) is 39.0 Å². The third kappa shape index (κ3) is 4.66. The Labute approximate surface area is 195 Å². The maximum Gasteiger partial charge on any atom is 0.260 e. The molecule has 1 atom stereocenters. The van der Waals surface area contributed by atoms with E-state index in [1.54, 1.807) is 30.3 Å². The summed E-state index contributed by atoms with van der Waals surface area (Å²) >= 11 is 11.9. The van der Waals surface area contributed by atoms with Crippen LogP contribution in [0.25, 0.3) is 0 Å². The van der Waals surface area contributed by atoms with Crippen molar-refractivity contribution in [3.63, 3.8) is 0 Å². The molecule has 0 radical (unpaired) electrons. The van der Waals surface area contributed by atoms with Crippen molar-refractivity contribution in [2.45, 2.75) is 25.4 Å². The van der Waals surface area contributed by atoms with Gasteiger partial charge in [-0.05, 0) is 78.5 Å². The van der Waals surface area contributed by atoms with Gasteiger partial charge in [-0.3, -0.25) is 14.5 Å². The number of nitrogens with one attached hydrogen (secondary N) is 1. The van der Waals surface area contributed by atoms with Crippen LogP contribution in [0.5, 0.6) is 0 Å². The van der Waals surface area contributed by atoms with Gasteiger partial charge in [-0.1, -0.05) is 41.4 Å². The highest BCUT2D eigenvalue weighted by molar-refractivity contribution is 6.35. The summed E-state index contributed by atoms with van der Waals surface area (Å²) in [5.41, 5.74) is 2.93. The summed E-state index contributed by atoms with van der Waals surface area (Å²) in [4.78, 5) is 38.8. The minimum Gasteiger partial charge on any atom is -0.322 e. The topological polar surface area (TPSA) is 78.8 Å². The summed E-state index contributed by atoms with van der Waals surface area (Å²) in [7, 11) is 0. The normalized spacial score (nSPS) is 15.4. The first-order valence-electron chi connectivity index (χ1n) is 10.1. The molecular weight excluding hydrogens is 449 g/mol. The van der Waals surface area contributed by atoms with Gasteiger partial charge in [-0.25, -0.2) is 0 Å². The number of amides is 2. The number of rotatable bonds is 4. The van der Waals surface area contributed by atoms with E-state index >= 15 is 0 Å². The summed E-state index contributed by atoms with van der Waals surface area (Å²) < 4.78 is 0. The van der Waals surface area contributed by atoms with Crippen LogP contribution in [0.3, 0.4) is 0 Å². The summed E-state index contributed by atoms with van der Waals surface area (Å²) in [6.45, 7) is 0. The molecule has 0 spiro atoms. The van der Waals surface area contributed by atoms with Crippen LogP contribution < -0.4 is 10.2 Å². The second-order valence-electron chi connectivity index (χ2n) is 7.47. The Morgan fingerprint density at radius 3 is 2.31 bits per heavy atom. The number of para-hydroxylation sites is 1. The third-order valence-electron chi connectivity index (χ3n) is 5.31. The molecule has 1 N–H and O–H groups in total. The number of carbonyl (C=O) groups excluding carboxylic acids is 2. The number of halogens is 2. The molecule has 1 aliphatic heterocycles. The van der Waals surface area contributed by atoms with E-state index in [0.717, 1.165) is 18.4 Å². The molecule has 3 aromatic carbocycles. The van der Waals surface area contributed by atoms with Crippen molar-refractivity contribution in [2.75, 3.05) is 10.2 Å². The van der Waals surface area contributed by atoms with Gasteiger partial charge in [0.2, 0.25) is 0 Å². The summed E-state index contributed by atoms with van der Waals surface area (Å²) in [5.74, 6) is -0.691. The molecule has 0 saturated heterocycles. The lowest BCUT2D eigenvalue weighted by Gasteiger charge is -2.26. The molecule has 32 heavy (non-hydrogen) atoms. The van der Waals surface area contributed by atoms with Gasteiger partial charge in [-0.15, -0.1) is 4.91 Å². The van der Waals surface area contributed by atoms with Gasteiger partial charge in [-0.2, -0.15) is 0 Å². The molecule has 1 aliphatic rings. The Kier molecular flexibility index (Phi) is 6.53.